The van der Waals surface area contributed by atoms with Gasteiger partial charge >= 0.3 is 0 Å². The summed E-state index contributed by atoms with van der Waals surface area (Å²) in [4.78, 5) is 4.61. The molecule has 0 amide bonds. The first-order valence-electron chi connectivity index (χ1n) is 6.52. The highest BCUT2D eigenvalue weighted by Gasteiger charge is 2.17. The molecule has 0 saturated heterocycles. The number of aromatic nitrogens is 1. The fourth-order valence-electron chi connectivity index (χ4n) is 2.09. The van der Waals surface area contributed by atoms with Crippen LogP contribution in [0.5, 0.6) is 0 Å². The van der Waals surface area contributed by atoms with E-state index in [4.69, 9.17) is 0 Å². The van der Waals surface area contributed by atoms with Gasteiger partial charge in [-0.15, -0.1) is 0 Å². The number of hydrogen-bond donors (Lipinski definition) is 1. The molecule has 0 fully saturated rings. The first-order chi connectivity index (χ1) is 10.4. The third-order valence-corrected chi connectivity index (χ3v) is 6.57. The smallest absolute Gasteiger partial charge is 0.255 e. The van der Waals surface area contributed by atoms with Gasteiger partial charge in [0, 0.05) is 4.47 Å². The van der Waals surface area contributed by atoms with E-state index in [0.717, 1.165) is 25.8 Å². The Morgan fingerprint density at radius 1 is 1.14 bits per heavy atom. The minimum Gasteiger partial charge on any atom is -0.255 e. The second-order valence-corrected chi connectivity index (χ2v) is 8.52. The van der Waals surface area contributed by atoms with Gasteiger partial charge < -0.3 is 0 Å². The van der Waals surface area contributed by atoms with Crippen molar-refractivity contribution in [1.82, 2.24) is 4.98 Å². The summed E-state index contributed by atoms with van der Waals surface area (Å²) in [6.07, 6.45) is 0. The SMILES string of the molecule is Cc1cc(S(=O)(=O)Nc2nc3c(C)cccc3s2)ccc1Br. The lowest BCUT2D eigenvalue weighted by Crippen LogP contribution is -2.12. The zero-order valence-electron chi connectivity index (χ0n) is 11.9. The van der Waals surface area contributed by atoms with Crippen molar-refractivity contribution >= 4 is 52.6 Å². The molecule has 7 heteroatoms. The number of para-hydroxylation sites is 1. The van der Waals surface area contributed by atoms with Crippen LogP contribution in [0.4, 0.5) is 5.13 Å². The van der Waals surface area contributed by atoms with Crippen LogP contribution >= 0.6 is 27.3 Å². The number of anilines is 1. The van der Waals surface area contributed by atoms with Gasteiger partial charge in [-0.3, -0.25) is 4.72 Å². The Balaban J connectivity index is 1.99. The van der Waals surface area contributed by atoms with Crippen LogP contribution in [0.15, 0.2) is 45.8 Å². The van der Waals surface area contributed by atoms with Crippen molar-refractivity contribution in [3.8, 4) is 0 Å². The predicted molar refractivity (Wildman–Crippen MR) is 94.0 cm³/mol. The third-order valence-electron chi connectivity index (χ3n) is 3.28. The number of halogens is 1. The highest BCUT2D eigenvalue weighted by atomic mass is 79.9. The number of thiazole rings is 1. The number of hydrogen-bond acceptors (Lipinski definition) is 4. The number of fused-ring (bicyclic) bond motifs is 1. The van der Waals surface area contributed by atoms with E-state index in [1.807, 2.05) is 32.0 Å². The molecule has 3 aromatic rings. The Bertz CT molecular complexity index is 965. The molecule has 114 valence electrons. The molecule has 1 aromatic heterocycles. The summed E-state index contributed by atoms with van der Waals surface area (Å²) in [5.74, 6) is 0. The molecule has 0 atom stereocenters. The summed E-state index contributed by atoms with van der Waals surface area (Å²) in [6, 6.07) is 10.8. The van der Waals surface area contributed by atoms with Gasteiger partial charge in [-0.05, 0) is 49.2 Å². The van der Waals surface area contributed by atoms with Gasteiger partial charge in [0.05, 0.1) is 15.1 Å². The van der Waals surface area contributed by atoms with Crippen molar-refractivity contribution in [2.75, 3.05) is 4.72 Å². The monoisotopic (exact) mass is 396 g/mol. The quantitative estimate of drug-likeness (QED) is 0.709. The molecule has 1 heterocycles. The predicted octanol–water partition coefficient (Wildman–Crippen LogP) is 4.48. The molecule has 22 heavy (non-hydrogen) atoms. The average molecular weight is 397 g/mol. The second kappa shape index (κ2) is 5.64. The highest BCUT2D eigenvalue weighted by molar-refractivity contribution is 9.10. The number of nitrogens with zero attached hydrogens (tertiary/aromatic N) is 1. The minimum atomic E-state index is -3.64. The zero-order valence-corrected chi connectivity index (χ0v) is 15.1. The van der Waals surface area contributed by atoms with E-state index >= 15 is 0 Å². The van der Waals surface area contributed by atoms with E-state index in [2.05, 4.69) is 25.6 Å². The van der Waals surface area contributed by atoms with Gasteiger partial charge in [-0.1, -0.05) is 39.4 Å². The van der Waals surface area contributed by atoms with Crippen molar-refractivity contribution in [2.45, 2.75) is 18.7 Å². The normalized spacial score (nSPS) is 11.8. The minimum absolute atomic E-state index is 0.226. The Kier molecular flexibility index (Phi) is 3.96. The van der Waals surface area contributed by atoms with Gasteiger partial charge in [0.2, 0.25) is 0 Å². The topological polar surface area (TPSA) is 59.1 Å². The van der Waals surface area contributed by atoms with Crippen LogP contribution in [0.25, 0.3) is 10.2 Å². The van der Waals surface area contributed by atoms with Crippen LogP contribution in [0, 0.1) is 13.8 Å². The van der Waals surface area contributed by atoms with Crippen molar-refractivity contribution in [1.29, 1.82) is 0 Å². The van der Waals surface area contributed by atoms with Gasteiger partial charge in [-0.2, -0.15) is 0 Å². The number of aryl methyl sites for hydroxylation is 2. The maximum atomic E-state index is 12.5. The summed E-state index contributed by atoms with van der Waals surface area (Å²) < 4.78 is 29.3. The molecule has 4 nitrogen and oxygen atoms in total. The van der Waals surface area contributed by atoms with Crippen molar-refractivity contribution in [3.05, 3.63) is 52.0 Å². The average Bonchev–Trinajstić information content (AvgIpc) is 2.85. The van der Waals surface area contributed by atoms with Crippen LogP contribution in [0.2, 0.25) is 0 Å². The lowest BCUT2D eigenvalue weighted by atomic mass is 10.2. The molecule has 3 rings (SSSR count). The largest absolute Gasteiger partial charge is 0.263 e. The maximum absolute atomic E-state index is 12.5. The Morgan fingerprint density at radius 2 is 1.91 bits per heavy atom. The summed E-state index contributed by atoms with van der Waals surface area (Å²) in [5.41, 5.74) is 2.72. The summed E-state index contributed by atoms with van der Waals surface area (Å²) >= 11 is 4.70. The number of rotatable bonds is 3. The van der Waals surface area contributed by atoms with Crippen LogP contribution in [0.3, 0.4) is 0 Å². The Labute approximate surface area is 141 Å². The third kappa shape index (κ3) is 2.88. The van der Waals surface area contributed by atoms with E-state index in [0.29, 0.717) is 5.13 Å². The fraction of sp³-hybridized carbons (Fsp3) is 0.133. The molecule has 0 unspecified atom stereocenters. The van der Waals surface area contributed by atoms with E-state index in [1.165, 1.54) is 11.3 Å². The molecule has 0 aliphatic heterocycles. The highest BCUT2D eigenvalue weighted by Crippen LogP contribution is 2.30. The molecule has 0 aliphatic carbocycles. The van der Waals surface area contributed by atoms with E-state index in [-0.39, 0.29) is 4.90 Å². The number of benzene rings is 2. The van der Waals surface area contributed by atoms with Crippen LogP contribution < -0.4 is 4.72 Å². The summed E-state index contributed by atoms with van der Waals surface area (Å²) in [6.45, 7) is 3.81. The molecule has 0 radical (unpaired) electrons. The molecular formula is C15H13BrN2O2S2. The van der Waals surface area contributed by atoms with Crippen molar-refractivity contribution in [3.63, 3.8) is 0 Å². The van der Waals surface area contributed by atoms with E-state index in [9.17, 15) is 8.42 Å². The fourth-order valence-corrected chi connectivity index (χ4v) is 4.60. The first-order valence-corrected chi connectivity index (χ1v) is 9.61. The lowest BCUT2D eigenvalue weighted by Gasteiger charge is -2.06. The number of sulfonamides is 1. The van der Waals surface area contributed by atoms with E-state index in [1.54, 1.807) is 18.2 Å². The molecular weight excluding hydrogens is 384 g/mol. The Hall–Kier alpha value is -1.44. The molecule has 0 saturated carbocycles. The van der Waals surface area contributed by atoms with E-state index < -0.39 is 10.0 Å². The molecule has 0 bridgehead atoms. The lowest BCUT2D eigenvalue weighted by molar-refractivity contribution is 0.601. The Morgan fingerprint density at radius 3 is 2.59 bits per heavy atom. The van der Waals surface area contributed by atoms with Crippen molar-refractivity contribution < 1.29 is 8.42 Å². The molecule has 0 aliphatic rings. The summed E-state index contributed by atoms with van der Waals surface area (Å²) in [7, 11) is -3.64. The summed E-state index contributed by atoms with van der Waals surface area (Å²) in [5, 5.41) is 0.380. The van der Waals surface area contributed by atoms with Gasteiger partial charge in [0.25, 0.3) is 10.0 Å². The first kappa shape index (κ1) is 15.5. The van der Waals surface area contributed by atoms with Gasteiger partial charge in [0.15, 0.2) is 5.13 Å². The maximum Gasteiger partial charge on any atom is 0.263 e. The number of nitrogens with one attached hydrogen (secondary N) is 1. The van der Waals surface area contributed by atoms with Crippen molar-refractivity contribution in [2.24, 2.45) is 0 Å². The molecule has 1 N–H and O–H groups in total. The molecule has 2 aromatic carbocycles. The van der Waals surface area contributed by atoms with Crippen LogP contribution in [0.1, 0.15) is 11.1 Å². The van der Waals surface area contributed by atoms with Gasteiger partial charge in [-0.25, -0.2) is 13.4 Å². The molecule has 0 spiro atoms. The second-order valence-electron chi connectivity index (χ2n) is 4.96. The van der Waals surface area contributed by atoms with Gasteiger partial charge in [0.1, 0.15) is 0 Å². The van der Waals surface area contributed by atoms with Crippen LogP contribution in [-0.2, 0) is 10.0 Å². The van der Waals surface area contributed by atoms with Crippen LogP contribution in [-0.4, -0.2) is 13.4 Å². The zero-order chi connectivity index (χ0) is 15.9. The standard InChI is InChI=1S/C15H13BrN2O2S2/c1-9-4-3-5-13-14(9)17-15(21-13)18-22(19,20)11-6-7-12(16)10(2)8-11/h3-8H,1-2H3,(H,17,18).